The van der Waals surface area contributed by atoms with Crippen molar-refractivity contribution >= 4 is 8.56 Å². The van der Waals surface area contributed by atoms with Gasteiger partial charge < -0.3 is 14.0 Å². The van der Waals surface area contributed by atoms with E-state index in [1.165, 1.54) is 5.57 Å². The highest BCUT2D eigenvalue weighted by Crippen LogP contribution is 2.55. The van der Waals surface area contributed by atoms with Crippen molar-refractivity contribution in [2.24, 2.45) is 11.8 Å². The normalized spacial score (nSPS) is 26.1. The minimum absolute atomic E-state index is 0.000572. The number of unbranched alkanes of at least 4 members (excludes halogenated alkanes) is 1. The van der Waals surface area contributed by atoms with Crippen molar-refractivity contribution in [3.8, 4) is 0 Å². The van der Waals surface area contributed by atoms with E-state index in [9.17, 15) is 5.11 Å². The lowest BCUT2D eigenvalue weighted by Gasteiger charge is -2.55. The zero-order chi connectivity index (χ0) is 24.0. The van der Waals surface area contributed by atoms with Gasteiger partial charge in [0.1, 0.15) is 0 Å². The van der Waals surface area contributed by atoms with Crippen molar-refractivity contribution in [3.63, 3.8) is 0 Å². The first-order chi connectivity index (χ1) is 14.1. The fraction of sp³-hybridized carbons (Fsp3) is 0.852. The molecule has 4 heteroatoms. The molecular formula is C27H52O3Si. The Kier molecular flexibility index (Phi) is 10.7. The molecule has 3 nitrogen and oxygen atoms in total. The third-order valence-corrected chi connectivity index (χ3v) is 12.0. The molecule has 0 bridgehead atoms. The minimum Gasteiger partial charge on any atom is -0.393 e. The Morgan fingerprint density at radius 3 is 2.16 bits per heavy atom. The van der Waals surface area contributed by atoms with Crippen LogP contribution in [-0.2, 0) is 8.85 Å². The van der Waals surface area contributed by atoms with Crippen LogP contribution in [0, 0.1) is 11.8 Å². The van der Waals surface area contributed by atoms with Crippen LogP contribution in [0.4, 0.5) is 0 Å². The van der Waals surface area contributed by atoms with E-state index < -0.39 is 8.56 Å². The van der Waals surface area contributed by atoms with Crippen LogP contribution in [0.25, 0.3) is 0 Å². The van der Waals surface area contributed by atoms with Crippen molar-refractivity contribution in [2.45, 2.75) is 137 Å². The van der Waals surface area contributed by atoms with Crippen LogP contribution in [0.1, 0.15) is 108 Å². The topological polar surface area (TPSA) is 38.7 Å². The van der Waals surface area contributed by atoms with Crippen LogP contribution >= 0.6 is 0 Å². The van der Waals surface area contributed by atoms with E-state index in [0.717, 1.165) is 32.1 Å². The molecular weight excluding hydrogens is 400 g/mol. The van der Waals surface area contributed by atoms with Gasteiger partial charge in [-0.25, -0.2) is 0 Å². The average Bonchev–Trinajstić information content (AvgIpc) is 2.62. The lowest BCUT2D eigenvalue weighted by Crippen LogP contribution is -2.63. The molecule has 0 unspecified atom stereocenters. The molecule has 0 aliphatic carbocycles. The van der Waals surface area contributed by atoms with Gasteiger partial charge in [0.2, 0.25) is 0 Å². The largest absolute Gasteiger partial charge is 0.393 e. The van der Waals surface area contributed by atoms with Crippen LogP contribution in [0.15, 0.2) is 23.8 Å². The number of hydrogen-bond donors (Lipinski definition) is 1. The van der Waals surface area contributed by atoms with Crippen molar-refractivity contribution in [1.82, 2.24) is 0 Å². The molecule has 1 rings (SSSR count). The summed E-state index contributed by atoms with van der Waals surface area (Å²) in [6.45, 7) is 24.7. The number of rotatable bonds is 9. The molecule has 0 aromatic heterocycles. The predicted molar refractivity (Wildman–Crippen MR) is 137 cm³/mol. The summed E-state index contributed by atoms with van der Waals surface area (Å²) in [5.41, 5.74) is 1.35. The maximum Gasteiger partial charge on any atom is 0.349 e. The molecule has 1 fully saturated rings. The van der Waals surface area contributed by atoms with Gasteiger partial charge in [0.15, 0.2) is 0 Å². The summed E-state index contributed by atoms with van der Waals surface area (Å²) in [7, 11) is -2.47. The highest BCUT2D eigenvalue weighted by molar-refractivity contribution is 6.73. The molecule has 0 radical (unpaired) electrons. The molecule has 0 amide bonds. The second-order valence-electron chi connectivity index (χ2n) is 12.1. The Hall–Kier alpha value is -0.423. The molecule has 0 aromatic carbocycles. The summed E-state index contributed by atoms with van der Waals surface area (Å²) in [6, 6.07) is 0. The van der Waals surface area contributed by atoms with E-state index in [2.05, 4.69) is 94.4 Å². The van der Waals surface area contributed by atoms with E-state index in [4.69, 9.17) is 8.85 Å². The molecule has 0 aromatic rings. The Morgan fingerprint density at radius 2 is 1.65 bits per heavy atom. The second kappa shape index (κ2) is 11.6. The SMILES string of the molecule is CCC/C=C\C[C@@H](O)[C@@H](C)C/C(C)=C/[C@@H](C)[C@H]1C[C@@H](C)O[Si](C(C)(C)C)(C(C)(C)C)O1. The number of hydrogen-bond acceptors (Lipinski definition) is 3. The van der Waals surface area contributed by atoms with Crippen molar-refractivity contribution < 1.29 is 14.0 Å². The summed E-state index contributed by atoms with van der Waals surface area (Å²) in [5, 5.41) is 10.5. The minimum atomic E-state index is -2.47. The third-order valence-electron chi connectivity index (χ3n) is 6.66. The quantitative estimate of drug-likeness (QED) is 0.285. The van der Waals surface area contributed by atoms with Gasteiger partial charge in [0.25, 0.3) is 0 Å². The van der Waals surface area contributed by atoms with Gasteiger partial charge >= 0.3 is 8.56 Å². The molecule has 1 saturated heterocycles. The van der Waals surface area contributed by atoms with Crippen molar-refractivity contribution in [2.75, 3.05) is 0 Å². The number of allylic oxidation sites excluding steroid dienone is 2. The molecule has 1 N–H and O–H groups in total. The van der Waals surface area contributed by atoms with Crippen molar-refractivity contribution in [3.05, 3.63) is 23.8 Å². The molecule has 1 aliphatic rings. The van der Waals surface area contributed by atoms with Gasteiger partial charge in [0.05, 0.1) is 12.2 Å². The van der Waals surface area contributed by atoms with Gasteiger partial charge in [-0.15, -0.1) is 0 Å². The van der Waals surface area contributed by atoms with E-state index in [1.807, 2.05) is 0 Å². The highest BCUT2D eigenvalue weighted by Gasteiger charge is 2.61. The fourth-order valence-corrected chi connectivity index (χ4v) is 10.2. The lowest BCUT2D eigenvalue weighted by atomic mass is 9.91. The summed E-state index contributed by atoms with van der Waals surface area (Å²) >= 11 is 0. The first-order valence-electron chi connectivity index (χ1n) is 12.5. The number of aliphatic hydroxyl groups is 1. The first kappa shape index (κ1) is 28.6. The van der Waals surface area contributed by atoms with E-state index >= 15 is 0 Å². The standard InChI is InChI=1S/C27H52O3Si/c1-12-13-14-15-16-24(28)21(3)17-20(2)18-22(4)25-19-23(5)29-31(30-25,26(6,7)8)27(9,10)11/h14-15,18,21-25,28H,12-13,16-17,19H2,1-11H3/b15-14-,20-18+/t21-,22+,23+,24+,25+/m0/s1. The summed E-state index contributed by atoms with van der Waals surface area (Å²) in [6.07, 6.45) is 11.7. The van der Waals surface area contributed by atoms with Crippen LogP contribution in [0.3, 0.4) is 0 Å². The zero-order valence-electron chi connectivity index (χ0n) is 22.4. The predicted octanol–water partition coefficient (Wildman–Crippen LogP) is 7.94. The summed E-state index contributed by atoms with van der Waals surface area (Å²) in [5.74, 6) is 0.582. The zero-order valence-corrected chi connectivity index (χ0v) is 23.4. The van der Waals surface area contributed by atoms with E-state index in [-0.39, 0.29) is 34.3 Å². The molecule has 1 aliphatic heterocycles. The van der Waals surface area contributed by atoms with Crippen LogP contribution in [-0.4, -0.2) is 32.0 Å². The lowest BCUT2D eigenvalue weighted by molar-refractivity contribution is -0.0307. The van der Waals surface area contributed by atoms with Gasteiger partial charge in [-0.05, 0) is 51.4 Å². The van der Waals surface area contributed by atoms with Crippen LogP contribution in [0.5, 0.6) is 0 Å². The molecule has 31 heavy (non-hydrogen) atoms. The monoisotopic (exact) mass is 452 g/mol. The van der Waals surface area contributed by atoms with Crippen LogP contribution in [0.2, 0.25) is 10.1 Å². The molecule has 5 atom stereocenters. The Labute approximate surface area is 194 Å². The van der Waals surface area contributed by atoms with Gasteiger partial charge in [-0.1, -0.05) is 92.5 Å². The third kappa shape index (κ3) is 7.84. The smallest absolute Gasteiger partial charge is 0.349 e. The molecule has 182 valence electrons. The van der Waals surface area contributed by atoms with Crippen LogP contribution < -0.4 is 0 Å². The Morgan fingerprint density at radius 1 is 1.06 bits per heavy atom. The Balaban J connectivity index is 2.88. The van der Waals surface area contributed by atoms with Crippen molar-refractivity contribution in [1.29, 1.82) is 0 Å². The maximum absolute atomic E-state index is 10.5. The summed E-state index contributed by atoms with van der Waals surface area (Å²) in [4.78, 5) is 0. The Bertz CT molecular complexity index is 583. The molecule has 1 heterocycles. The maximum atomic E-state index is 10.5. The highest BCUT2D eigenvalue weighted by atomic mass is 28.4. The second-order valence-corrected chi connectivity index (χ2v) is 16.8. The molecule has 0 saturated carbocycles. The van der Waals surface area contributed by atoms with E-state index in [1.54, 1.807) is 0 Å². The van der Waals surface area contributed by atoms with Gasteiger partial charge in [-0.3, -0.25) is 0 Å². The van der Waals surface area contributed by atoms with E-state index in [0.29, 0.717) is 5.92 Å². The fourth-order valence-electron chi connectivity index (χ4n) is 5.12. The van der Waals surface area contributed by atoms with Gasteiger partial charge in [0, 0.05) is 16.2 Å². The molecule has 0 spiro atoms. The van der Waals surface area contributed by atoms with Gasteiger partial charge in [-0.2, -0.15) is 0 Å². The summed E-state index contributed by atoms with van der Waals surface area (Å²) < 4.78 is 13.7. The average molecular weight is 453 g/mol. The first-order valence-corrected chi connectivity index (χ1v) is 14.3. The number of aliphatic hydroxyl groups excluding tert-OH is 1.